The Morgan fingerprint density at radius 1 is 1.44 bits per heavy atom. The van der Waals surface area contributed by atoms with E-state index in [-0.39, 0.29) is 0 Å². The number of aromatic nitrogens is 4. The molecule has 0 amide bonds. The predicted octanol–water partition coefficient (Wildman–Crippen LogP) is 1.11. The molecule has 0 aliphatic heterocycles. The van der Waals surface area contributed by atoms with Crippen LogP contribution in [0.25, 0.3) is 0 Å². The summed E-state index contributed by atoms with van der Waals surface area (Å²) < 4.78 is 8.89. The van der Waals surface area contributed by atoms with E-state index in [1.807, 2.05) is 25.6 Å². The summed E-state index contributed by atoms with van der Waals surface area (Å²) in [5.41, 5.74) is 1.16. The van der Waals surface area contributed by atoms with Crippen molar-refractivity contribution in [1.29, 1.82) is 0 Å². The Morgan fingerprint density at radius 3 is 3.06 bits per heavy atom. The Bertz CT molecular complexity index is 476. The number of aryl methyl sites for hydroxylation is 1. The van der Waals surface area contributed by atoms with Crippen LogP contribution in [0, 0.1) is 0 Å². The molecule has 6 nitrogen and oxygen atoms in total. The molecule has 0 bridgehead atoms. The third kappa shape index (κ3) is 3.33. The first kappa shape index (κ1) is 12.6. The number of hydrogen-bond acceptors (Lipinski definition) is 4. The average molecular weight is 249 g/mol. The molecule has 0 atom stereocenters. The van der Waals surface area contributed by atoms with E-state index in [4.69, 9.17) is 4.74 Å². The lowest BCUT2D eigenvalue weighted by atomic mass is 10.3. The van der Waals surface area contributed by atoms with Crippen molar-refractivity contribution in [2.75, 3.05) is 25.6 Å². The van der Waals surface area contributed by atoms with Crippen LogP contribution < -0.4 is 5.32 Å². The van der Waals surface area contributed by atoms with Crippen LogP contribution >= 0.6 is 0 Å². The fourth-order valence-electron chi connectivity index (χ4n) is 1.77. The monoisotopic (exact) mass is 249 g/mol. The minimum atomic E-state index is 0.760. The Hall–Kier alpha value is -1.82. The molecule has 0 saturated carbocycles. The Balaban J connectivity index is 1.91. The number of ether oxygens (including phenoxy) is 1. The molecule has 0 unspecified atom stereocenters. The van der Waals surface area contributed by atoms with Crippen LogP contribution in [0.4, 0.5) is 5.95 Å². The molecule has 6 heteroatoms. The van der Waals surface area contributed by atoms with Gasteiger partial charge < -0.3 is 14.6 Å². The molecule has 0 aliphatic carbocycles. The second kappa shape index (κ2) is 6.20. The maximum atomic E-state index is 5.01. The number of nitrogens with one attached hydrogen (secondary N) is 1. The Morgan fingerprint density at radius 2 is 2.33 bits per heavy atom. The molecule has 98 valence electrons. The van der Waals surface area contributed by atoms with Gasteiger partial charge in [0, 0.05) is 51.5 Å². The molecule has 2 heterocycles. The van der Waals surface area contributed by atoms with Crippen LogP contribution in [0.5, 0.6) is 0 Å². The summed E-state index contributed by atoms with van der Waals surface area (Å²) in [6.07, 6.45) is 8.61. The first-order valence-electron chi connectivity index (χ1n) is 6.01. The summed E-state index contributed by atoms with van der Waals surface area (Å²) in [6, 6.07) is 0. The highest BCUT2D eigenvalue weighted by atomic mass is 16.5. The van der Waals surface area contributed by atoms with Gasteiger partial charge in [0.1, 0.15) is 0 Å². The van der Waals surface area contributed by atoms with Gasteiger partial charge in [0.15, 0.2) is 0 Å². The smallest absolute Gasteiger partial charge is 0.203 e. The fourth-order valence-corrected chi connectivity index (χ4v) is 1.77. The van der Waals surface area contributed by atoms with Crippen LogP contribution in [0.3, 0.4) is 0 Å². The van der Waals surface area contributed by atoms with Gasteiger partial charge in [-0.1, -0.05) is 0 Å². The third-order valence-electron chi connectivity index (χ3n) is 2.64. The fraction of sp³-hybridized carbons (Fsp3) is 0.500. The molecule has 1 N–H and O–H groups in total. The molecule has 0 spiro atoms. The van der Waals surface area contributed by atoms with Crippen molar-refractivity contribution in [2.45, 2.75) is 13.0 Å². The lowest BCUT2D eigenvalue weighted by Crippen LogP contribution is -2.10. The average Bonchev–Trinajstić information content (AvgIpc) is 2.95. The van der Waals surface area contributed by atoms with Crippen LogP contribution in [-0.2, 0) is 18.3 Å². The van der Waals surface area contributed by atoms with Crippen molar-refractivity contribution >= 4 is 5.95 Å². The quantitative estimate of drug-likeness (QED) is 0.747. The first-order chi connectivity index (χ1) is 8.79. The molecule has 0 radical (unpaired) electrons. The van der Waals surface area contributed by atoms with E-state index in [0.717, 1.165) is 37.6 Å². The molecule has 0 saturated heterocycles. The molecule has 0 fully saturated rings. The zero-order valence-electron chi connectivity index (χ0n) is 10.8. The summed E-state index contributed by atoms with van der Waals surface area (Å²) in [5, 5.41) is 7.46. The molecular weight excluding hydrogens is 230 g/mol. The minimum Gasteiger partial charge on any atom is -0.385 e. The van der Waals surface area contributed by atoms with Gasteiger partial charge >= 0.3 is 0 Å². The number of imidazole rings is 1. The third-order valence-corrected chi connectivity index (χ3v) is 2.64. The normalized spacial score (nSPS) is 10.8. The van der Waals surface area contributed by atoms with Crippen molar-refractivity contribution in [3.63, 3.8) is 0 Å². The maximum Gasteiger partial charge on any atom is 0.203 e. The molecule has 18 heavy (non-hydrogen) atoms. The van der Waals surface area contributed by atoms with Gasteiger partial charge in [0.25, 0.3) is 0 Å². The lowest BCUT2D eigenvalue weighted by Gasteiger charge is -2.08. The summed E-state index contributed by atoms with van der Waals surface area (Å²) in [4.78, 5) is 4.30. The number of nitrogens with zero attached hydrogens (tertiary/aromatic N) is 4. The number of hydrogen-bond donors (Lipinski definition) is 1. The van der Waals surface area contributed by atoms with Crippen LogP contribution in [0.2, 0.25) is 0 Å². The van der Waals surface area contributed by atoms with E-state index >= 15 is 0 Å². The first-order valence-corrected chi connectivity index (χ1v) is 6.01. The van der Waals surface area contributed by atoms with Gasteiger partial charge in [-0.25, -0.2) is 4.98 Å². The van der Waals surface area contributed by atoms with Crippen molar-refractivity contribution in [2.24, 2.45) is 7.05 Å². The van der Waals surface area contributed by atoms with Gasteiger partial charge in [-0.05, 0) is 6.42 Å². The SMILES string of the molecule is COCCCNc1nccn1Cc1cnn(C)c1. The van der Waals surface area contributed by atoms with Crippen molar-refractivity contribution < 1.29 is 4.74 Å². The number of anilines is 1. The van der Waals surface area contributed by atoms with Gasteiger partial charge in [-0.15, -0.1) is 0 Å². The standard InChI is InChI=1S/C12H19N5O/c1-16-9-11(8-15-16)10-17-6-5-14-12(17)13-4-3-7-18-2/h5-6,8-9H,3-4,7,10H2,1-2H3,(H,13,14). The van der Waals surface area contributed by atoms with Crippen molar-refractivity contribution in [3.05, 3.63) is 30.4 Å². The number of methoxy groups -OCH3 is 1. The van der Waals surface area contributed by atoms with E-state index in [1.165, 1.54) is 0 Å². The van der Waals surface area contributed by atoms with Crippen molar-refractivity contribution in [3.8, 4) is 0 Å². The van der Waals surface area contributed by atoms with E-state index in [1.54, 1.807) is 18.0 Å². The lowest BCUT2D eigenvalue weighted by molar-refractivity contribution is 0.197. The van der Waals surface area contributed by atoms with E-state index in [2.05, 4.69) is 20.0 Å². The summed E-state index contributed by atoms with van der Waals surface area (Å²) in [5.74, 6) is 0.884. The second-order valence-corrected chi connectivity index (χ2v) is 4.17. The van der Waals surface area contributed by atoms with Gasteiger partial charge in [-0.2, -0.15) is 5.10 Å². The molecular formula is C12H19N5O. The predicted molar refractivity (Wildman–Crippen MR) is 69.5 cm³/mol. The van der Waals surface area contributed by atoms with E-state index in [0.29, 0.717) is 0 Å². The molecule has 2 rings (SSSR count). The summed E-state index contributed by atoms with van der Waals surface area (Å²) in [7, 11) is 3.63. The Kier molecular flexibility index (Phi) is 4.35. The topological polar surface area (TPSA) is 56.9 Å². The molecule has 2 aromatic rings. The zero-order chi connectivity index (χ0) is 12.8. The minimum absolute atomic E-state index is 0.760. The van der Waals surface area contributed by atoms with Crippen molar-refractivity contribution in [1.82, 2.24) is 19.3 Å². The molecule has 2 aromatic heterocycles. The van der Waals surface area contributed by atoms with Gasteiger partial charge in [0.05, 0.1) is 12.7 Å². The second-order valence-electron chi connectivity index (χ2n) is 4.17. The highest BCUT2D eigenvalue weighted by Crippen LogP contribution is 2.08. The molecule has 0 aliphatic rings. The maximum absolute atomic E-state index is 5.01. The van der Waals surface area contributed by atoms with E-state index in [9.17, 15) is 0 Å². The zero-order valence-corrected chi connectivity index (χ0v) is 10.8. The highest BCUT2D eigenvalue weighted by Gasteiger charge is 2.03. The van der Waals surface area contributed by atoms with Crippen LogP contribution in [-0.4, -0.2) is 39.6 Å². The van der Waals surface area contributed by atoms with Crippen LogP contribution in [0.15, 0.2) is 24.8 Å². The number of rotatable bonds is 7. The van der Waals surface area contributed by atoms with E-state index < -0.39 is 0 Å². The summed E-state index contributed by atoms with van der Waals surface area (Å²) in [6.45, 7) is 2.40. The summed E-state index contributed by atoms with van der Waals surface area (Å²) >= 11 is 0. The van der Waals surface area contributed by atoms with Crippen LogP contribution in [0.1, 0.15) is 12.0 Å². The molecule has 0 aromatic carbocycles. The Labute approximate surface area is 107 Å². The largest absolute Gasteiger partial charge is 0.385 e. The van der Waals surface area contributed by atoms with Gasteiger partial charge in [-0.3, -0.25) is 4.68 Å². The highest BCUT2D eigenvalue weighted by molar-refractivity contribution is 5.27. The van der Waals surface area contributed by atoms with Gasteiger partial charge in [0.2, 0.25) is 5.95 Å².